The van der Waals surface area contributed by atoms with Crippen LogP contribution in [-0.2, 0) is 21.4 Å². The van der Waals surface area contributed by atoms with Crippen molar-refractivity contribution in [3.05, 3.63) is 17.3 Å². The van der Waals surface area contributed by atoms with Gasteiger partial charge in [-0.05, 0) is 72.4 Å². The van der Waals surface area contributed by atoms with Crippen LogP contribution in [0.2, 0.25) is 0 Å². The molecule has 3 aliphatic rings. The molecule has 1 N–H and O–H groups in total. The molecule has 1 saturated heterocycles. The Hall–Kier alpha value is -2.52. The van der Waals surface area contributed by atoms with Crippen LogP contribution in [0, 0.1) is 0 Å². The summed E-state index contributed by atoms with van der Waals surface area (Å²) < 4.78 is 17.6. The summed E-state index contributed by atoms with van der Waals surface area (Å²) in [6.07, 6.45) is 8.35. The topological polar surface area (TPSA) is 103 Å². The van der Waals surface area contributed by atoms with E-state index < -0.39 is 5.41 Å². The van der Waals surface area contributed by atoms with Gasteiger partial charge in [0.1, 0.15) is 23.4 Å². The Morgan fingerprint density at radius 3 is 2.78 bits per heavy atom. The standard InChI is InChI=1S/C27H39N5O4/c1-17(16-34-4)28-22-15-23(35-18(2)20-10-8-14-32(20)3)30-26(29-22)24-19-9-7-13-27(25(19)31-36-24)12-6-5-11-21(27)33/h15,17-18,20H,5-14,16H2,1-4H3,(H,28,29,30)/t17-,18-,20-,27+/m0/s1. The van der Waals surface area contributed by atoms with Crippen LogP contribution in [-0.4, -0.2) is 71.3 Å². The molecule has 2 fully saturated rings. The second kappa shape index (κ2) is 10.5. The molecule has 3 heterocycles. The van der Waals surface area contributed by atoms with Crippen LogP contribution in [0.15, 0.2) is 10.6 Å². The molecule has 5 rings (SSSR count). The molecule has 4 atom stereocenters. The van der Waals surface area contributed by atoms with Gasteiger partial charge in [-0.15, -0.1) is 0 Å². The number of likely N-dealkylation sites (N-methyl/N-ethyl adjacent to an activating group) is 1. The molecule has 0 bridgehead atoms. The summed E-state index contributed by atoms with van der Waals surface area (Å²) in [5, 5.41) is 7.88. The van der Waals surface area contributed by atoms with Gasteiger partial charge in [0.15, 0.2) is 0 Å². The molecule has 1 spiro atoms. The largest absolute Gasteiger partial charge is 0.473 e. The maximum absolute atomic E-state index is 13.1. The minimum absolute atomic E-state index is 0.0173. The molecule has 9 heteroatoms. The Bertz CT molecular complexity index is 1090. The molecule has 2 aliphatic carbocycles. The van der Waals surface area contributed by atoms with Gasteiger partial charge in [-0.1, -0.05) is 11.6 Å². The van der Waals surface area contributed by atoms with E-state index in [1.54, 1.807) is 7.11 Å². The maximum Gasteiger partial charge on any atom is 0.219 e. The van der Waals surface area contributed by atoms with E-state index in [4.69, 9.17) is 24.0 Å². The van der Waals surface area contributed by atoms with Crippen molar-refractivity contribution in [2.75, 3.05) is 32.6 Å². The quantitative estimate of drug-likeness (QED) is 0.576. The fourth-order valence-electron chi connectivity index (χ4n) is 6.39. The lowest BCUT2D eigenvalue weighted by atomic mass is 9.64. The number of hydrogen-bond donors (Lipinski definition) is 1. The van der Waals surface area contributed by atoms with Crippen molar-refractivity contribution in [3.63, 3.8) is 0 Å². The maximum atomic E-state index is 13.1. The van der Waals surface area contributed by atoms with Crippen LogP contribution in [0.4, 0.5) is 5.82 Å². The second-order valence-electron chi connectivity index (χ2n) is 10.8. The highest BCUT2D eigenvalue weighted by Crippen LogP contribution is 2.47. The van der Waals surface area contributed by atoms with Crippen molar-refractivity contribution < 1.29 is 18.8 Å². The lowest BCUT2D eigenvalue weighted by Gasteiger charge is -2.37. The molecule has 0 radical (unpaired) electrons. The lowest BCUT2D eigenvalue weighted by molar-refractivity contribution is -0.127. The molecular weight excluding hydrogens is 458 g/mol. The molecule has 36 heavy (non-hydrogen) atoms. The van der Waals surface area contributed by atoms with Gasteiger partial charge in [0.25, 0.3) is 0 Å². The number of carbonyl (C=O) groups excluding carboxylic acids is 1. The van der Waals surface area contributed by atoms with Crippen LogP contribution in [0.3, 0.4) is 0 Å². The number of methoxy groups -OCH3 is 1. The van der Waals surface area contributed by atoms with Gasteiger partial charge in [-0.3, -0.25) is 9.69 Å². The second-order valence-corrected chi connectivity index (χ2v) is 10.8. The molecule has 1 saturated carbocycles. The molecule has 0 unspecified atom stereocenters. The normalized spacial score (nSPS) is 26.1. The van der Waals surface area contributed by atoms with Crippen LogP contribution >= 0.6 is 0 Å². The molecule has 9 nitrogen and oxygen atoms in total. The van der Waals surface area contributed by atoms with Crippen molar-refractivity contribution in [2.24, 2.45) is 0 Å². The van der Waals surface area contributed by atoms with E-state index in [-0.39, 0.29) is 12.1 Å². The smallest absolute Gasteiger partial charge is 0.219 e. The van der Waals surface area contributed by atoms with Crippen LogP contribution in [0.1, 0.15) is 76.5 Å². The van der Waals surface area contributed by atoms with Crippen molar-refractivity contribution in [2.45, 2.75) is 95.2 Å². The van der Waals surface area contributed by atoms with Gasteiger partial charge in [0.2, 0.25) is 17.5 Å². The number of likely N-dealkylation sites (tertiary alicyclic amines) is 1. The van der Waals surface area contributed by atoms with E-state index in [0.717, 1.165) is 62.7 Å². The van der Waals surface area contributed by atoms with Crippen LogP contribution in [0.25, 0.3) is 11.6 Å². The highest BCUT2D eigenvalue weighted by Gasteiger charge is 2.48. The summed E-state index contributed by atoms with van der Waals surface area (Å²) in [5.74, 6) is 2.46. The summed E-state index contributed by atoms with van der Waals surface area (Å²) in [7, 11) is 3.83. The molecule has 196 valence electrons. The summed E-state index contributed by atoms with van der Waals surface area (Å²) in [6.45, 7) is 5.76. The van der Waals surface area contributed by atoms with E-state index in [0.29, 0.717) is 48.1 Å². The zero-order chi connectivity index (χ0) is 25.3. The van der Waals surface area contributed by atoms with Crippen molar-refractivity contribution in [1.29, 1.82) is 0 Å². The number of hydrogen-bond acceptors (Lipinski definition) is 9. The van der Waals surface area contributed by atoms with Crippen molar-refractivity contribution >= 4 is 11.6 Å². The first kappa shape index (κ1) is 25.1. The summed E-state index contributed by atoms with van der Waals surface area (Å²) in [6, 6.07) is 2.24. The number of nitrogens with one attached hydrogen (secondary N) is 1. The number of ketones is 1. The van der Waals surface area contributed by atoms with Gasteiger partial charge in [-0.2, -0.15) is 4.98 Å². The predicted octanol–water partition coefficient (Wildman–Crippen LogP) is 4.16. The Labute approximate surface area is 213 Å². The van der Waals surface area contributed by atoms with Gasteiger partial charge < -0.3 is 19.3 Å². The van der Waals surface area contributed by atoms with E-state index in [9.17, 15) is 4.79 Å². The average molecular weight is 498 g/mol. The first-order valence-electron chi connectivity index (χ1n) is 13.5. The number of rotatable bonds is 8. The third-order valence-electron chi connectivity index (χ3n) is 8.20. The molecular formula is C27H39N5O4. The Morgan fingerprint density at radius 2 is 2.03 bits per heavy atom. The van der Waals surface area contributed by atoms with Gasteiger partial charge in [-0.25, -0.2) is 4.98 Å². The molecule has 2 aromatic heterocycles. The number of fused-ring (bicyclic) bond motifs is 2. The summed E-state index contributed by atoms with van der Waals surface area (Å²) >= 11 is 0. The highest BCUT2D eigenvalue weighted by molar-refractivity contribution is 5.91. The first-order valence-corrected chi connectivity index (χ1v) is 13.5. The third-order valence-corrected chi connectivity index (χ3v) is 8.20. The van der Waals surface area contributed by atoms with E-state index in [2.05, 4.69) is 29.3 Å². The SMILES string of the molecule is COC[C@H](C)Nc1cc(O[C@@H](C)[C@@H]2CCCN2C)nc(-c2onc3c2CCC[C@@]32CCCCC2=O)n1. The molecule has 1 aliphatic heterocycles. The van der Waals surface area contributed by atoms with Crippen molar-refractivity contribution in [3.8, 4) is 17.5 Å². The van der Waals surface area contributed by atoms with Crippen LogP contribution in [0.5, 0.6) is 5.88 Å². The third kappa shape index (κ3) is 4.75. The Morgan fingerprint density at radius 1 is 1.19 bits per heavy atom. The highest BCUT2D eigenvalue weighted by atomic mass is 16.5. The zero-order valence-electron chi connectivity index (χ0n) is 22.0. The monoisotopic (exact) mass is 497 g/mol. The number of nitrogens with zero attached hydrogens (tertiary/aromatic N) is 4. The van der Waals surface area contributed by atoms with Gasteiger partial charge in [0.05, 0.1) is 12.0 Å². The number of carbonyl (C=O) groups is 1. The Balaban J connectivity index is 1.50. The fourth-order valence-corrected chi connectivity index (χ4v) is 6.39. The van der Waals surface area contributed by atoms with Gasteiger partial charge >= 0.3 is 0 Å². The molecule has 0 aromatic carbocycles. The number of aromatic nitrogens is 3. The van der Waals surface area contributed by atoms with E-state index in [1.165, 1.54) is 6.42 Å². The summed E-state index contributed by atoms with van der Waals surface area (Å²) in [4.78, 5) is 25.0. The lowest BCUT2D eigenvalue weighted by Crippen LogP contribution is -2.41. The molecule has 2 aromatic rings. The van der Waals surface area contributed by atoms with Crippen molar-refractivity contribution in [1.82, 2.24) is 20.0 Å². The summed E-state index contributed by atoms with van der Waals surface area (Å²) in [5.41, 5.74) is 1.29. The fraction of sp³-hybridized carbons (Fsp3) is 0.704. The predicted molar refractivity (Wildman–Crippen MR) is 136 cm³/mol. The van der Waals surface area contributed by atoms with E-state index >= 15 is 0 Å². The molecule has 0 amide bonds. The van der Waals surface area contributed by atoms with E-state index in [1.807, 2.05) is 13.0 Å². The minimum Gasteiger partial charge on any atom is -0.473 e. The first-order chi connectivity index (χ1) is 17.4. The number of anilines is 1. The number of Topliss-reactive ketones (excluding diaryl/α,β-unsaturated/α-hetero) is 1. The van der Waals surface area contributed by atoms with Gasteiger partial charge in [0, 0.05) is 37.2 Å². The average Bonchev–Trinajstić information content (AvgIpc) is 3.48. The minimum atomic E-state index is -0.503. The Kier molecular flexibility index (Phi) is 7.30. The van der Waals surface area contributed by atoms with Crippen LogP contribution < -0.4 is 10.1 Å². The zero-order valence-corrected chi connectivity index (χ0v) is 22.0. The number of ether oxygens (including phenoxy) is 2.